The normalized spacial score (nSPS) is 11.7. The third-order valence-electron chi connectivity index (χ3n) is 3.70. The van der Waals surface area contributed by atoms with Crippen molar-refractivity contribution in [1.82, 2.24) is 0 Å². The number of aryl methyl sites for hydroxylation is 1. The van der Waals surface area contributed by atoms with Crippen LogP contribution in [0.25, 0.3) is 11.0 Å². The molecule has 0 saturated carbocycles. The van der Waals surface area contributed by atoms with E-state index in [-0.39, 0.29) is 5.41 Å². The molecule has 88 valence electrons. The molecule has 2 heteroatoms. The van der Waals surface area contributed by atoms with E-state index in [1.54, 1.807) is 0 Å². The number of fused-ring (bicyclic) bond motifs is 1. The van der Waals surface area contributed by atoms with Crippen LogP contribution in [0, 0.1) is 18.3 Å². The van der Waals surface area contributed by atoms with Crippen molar-refractivity contribution in [3.8, 4) is 6.07 Å². The van der Waals surface area contributed by atoms with Gasteiger partial charge in [0, 0.05) is 10.9 Å². The first-order valence-corrected chi connectivity index (χ1v) is 5.93. The van der Waals surface area contributed by atoms with Crippen LogP contribution in [0.1, 0.15) is 44.1 Å². The summed E-state index contributed by atoms with van der Waals surface area (Å²) in [5.74, 6) is 0.423. The minimum Gasteiger partial charge on any atom is -0.445 e. The lowest BCUT2D eigenvalue weighted by Gasteiger charge is -2.23. The van der Waals surface area contributed by atoms with E-state index in [1.807, 2.05) is 13.0 Å². The minimum absolute atomic E-state index is 0.157. The lowest BCUT2D eigenvalue weighted by molar-refractivity contribution is 0.506. The predicted molar refractivity (Wildman–Crippen MR) is 69.0 cm³/mol. The van der Waals surface area contributed by atoms with Crippen LogP contribution in [-0.4, -0.2) is 0 Å². The van der Waals surface area contributed by atoms with Crippen molar-refractivity contribution in [3.05, 3.63) is 35.1 Å². The fourth-order valence-electron chi connectivity index (χ4n) is 1.95. The van der Waals surface area contributed by atoms with Gasteiger partial charge in [-0.1, -0.05) is 26.8 Å². The topological polar surface area (TPSA) is 36.9 Å². The maximum Gasteiger partial charge on any atom is 0.207 e. The van der Waals surface area contributed by atoms with Crippen LogP contribution >= 0.6 is 0 Å². The Kier molecular flexibility index (Phi) is 2.71. The smallest absolute Gasteiger partial charge is 0.207 e. The highest BCUT2D eigenvalue weighted by molar-refractivity contribution is 5.83. The first-order valence-electron chi connectivity index (χ1n) is 5.93. The maximum absolute atomic E-state index is 8.95. The third-order valence-corrected chi connectivity index (χ3v) is 3.70. The zero-order valence-electron chi connectivity index (χ0n) is 10.8. The molecule has 0 bridgehead atoms. The fourth-order valence-corrected chi connectivity index (χ4v) is 1.95. The van der Waals surface area contributed by atoms with Crippen LogP contribution < -0.4 is 0 Å². The van der Waals surface area contributed by atoms with Gasteiger partial charge in [0.05, 0.1) is 0 Å². The van der Waals surface area contributed by atoms with Gasteiger partial charge in [-0.2, -0.15) is 5.26 Å². The highest BCUT2D eigenvalue weighted by Gasteiger charge is 2.20. The summed E-state index contributed by atoms with van der Waals surface area (Å²) in [6.45, 7) is 8.59. The van der Waals surface area contributed by atoms with Gasteiger partial charge in [0.1, 0.15) is 11.7 Å². The Labute approximate surface area is 102 Å². The van der Waals surface area contributed by atoms with Gasteiger partial charge in [0.25, 0.3) is 0 Å². The monoisotopic (exact) mass is 227 g/mol. The number of furan rings is 1. The molecule has 0 unspecified atom stereocenters. The first-order chi connectivity index (χ1) is 7.99. The molecule has 1 aromatic heterocycles. The van der Waals surface area contributed by atoms with Gasteiger partial charge in [-0.15, -0.1) is 0 Å². The molecule has 0 saturated heterocycles. The lowest BCUT2D eigenvalue weighted by atomic mass is 9.82. The van der Waals surface area contributed by atoms with Crippen molar-refractivity contribution < 1.29 is 4.42 Å². The van der Waals surface area contributed by atoms with Crippen molar-refractivity contribution in [1.29, 1.82) is 5.26 Å². The zero-order chi connectivity index (χ0) is 12.6. The predicted octanol–water partition coefficient (Wildman–Crippen LogP) is 4.30. The van der Waals surface area contributed by atoms with Crippen LogP contribution in [0.4, 0.5) is 0 Å². The summed E-state index contributed by atoms with van der Waals surface area (Å²) in [7, 11) is 0. The summed E-state index contributed by atoms with van der Waals surface area (Å²) in [6.07, 6.45) is 1.08. The van der Waals surface area contributed by atoms with Crippen molar-refractivity contribution in [3.63, 3.8) is 0 Å². The van der Waals surface area contributed by atoms with Crippen molar-refractivity contribution in [2.75, 3.05) is 0 Å². The van der Waals surface area contributed by atoms with Crippen molar-refractivity contribution in [2.24, 2.45) is 0 Å². The van der Waals surface area contributed by atoms with E-state index in [1.165, 1.54) is 5.56 Å². The van der Waals surface area contributed by atoms with E-state index in [0.717, 1.165) is 23.0 Å². The summed E-state index contributed by atoms with van der Waals surface area (Å²) >= 11 is 0. The summed E-state index contributed by atoms with van der Waals surface area (Å²) in [6, 6.07) is 8.30. The Morgan fingerprint density at radius 3 is 2.65 bits per heavy atom. The molecule has 2 rings (SSSR count). The van der Waals surface area contributed by atoms with Gasteiger partial charge < -0.3 is 4.42 Å². The summed E-state index contributed by atoms with van der Waals surface area (Å²) in [4.78, 5) is 0. The molecule has 1 heterocycles. The Morgan fingerprint density at radius 2 is 2.06 bits per heavy atom. The molecule has 2 aromatic rings. The standard InChI is InChI=1S/C15H17NO/c1-5-15(3,4)11-6-7-13-12(8-11)10(2)14(9-16)17-13/h6-8H,5H2,1-4H3. The van der Waals surface area contributed by atoms with E-state index in [9.17, 15) is 0 Å². The molecule has 0 aliphatic carbocycles. The highest BCUT2D eigenvalue weighted by atomic mass is 16.3. The molecule has 0 spiro atoms. The number of nitrogens with zero attached hydrogens (tertiary/aromatic N) is 1. The Hall–Kier alpha value is -1.75. The van der Waals surface area contributed by atoms with Crippen LogP contribution in [0.2, 0.25) is 0 Å². The van der Waals surface area contributed by atoms with Crippen molar-refractivity contribution in [2.45, 2.75) is 39.5 Å². The third kappa shape index (κ3) is 1.82. The first kappa shape index (κ1) is 11.7. The molecule has 1 aromatic carbocycles. The van der Waals surface area contributed by atoms with E-state index in [2.05, 4.69) is 39.0 Å². The second-order valence-electron chi connectivity index (χ2n) is 5.12. The molecular weight excluding hydrogens is 210 g/mol. The minimum atomic E-state index is 0.157. The lowest BCUT2D eigenvalue weighted by Crippen LogP contribution is -2.14. The highest BCUT2D eigenvalue weighted by Crippen LogP contribution is 2.32. The van der Waals surface area contributed by atoms with Gasteiger partial charge in [-0.05, 0) is 36.5 Å². The number of benzene rings is 1. The molecule has 0 N–H and O–H groups in total. The average Bonchev–Trinajstić information content (AvgIpc) is 2.66. The molecule has 0 radical (unpaired) electrons. The Morgan fingerprint density at radius 1 is 1.35 bits per heavy atom. The van der Waals surface area contributed by atoms with Gasteiger partial charge in [0.15, 0.2) is 0 Å². The number of rotatable bonds is 2. The van der Waals surface area contributed by atoms with Gasteiger partial charge in [0.2, 0.25) is 5.76 Å². The van der Waals surface area contributed by atoms with Crippen LogP contribution in [0.3, 0.4) is 0 Å². The van der Waals surface area contributed by atoms with Gasteiger partial charge in [-0.3, -0.25) is 0 Å². The average molecular weight is 227 g/mol. The van der Waals surface area contributed by atoms with E-state index < -0.39 is 0 Å². The van der Waals surface area contributed by atoms with Crippen LogP contribution in [0.5, 0.6) is 0 Å². The number of hydrogen-bond donors (Lipinski definition) is 0. The van der Waals surface area contributed by atoms with Crippen molar-refractivity contribution >= 4 is 11.0 Å². The molecule has 0 aliphatic heterocycles. The number of hydrogen-bond acceptors (Lipinski definition) is 2. The van der Waals surface area contributed by atoms with Gasteiger partial charge >= 0.3 is 0 Å². The maximum atomic E-state index is 8.95. The molecule has 2 nitrogen and oxygen atoms in total. The second-order valence-corrected chi connectivity index (χ2v) is 5.12. The Bertz CT molecular complexity index is 599. The van der Waals surface area contributed by atoms with Crippen LogP contribution in [-0.2, 0) is 5.41 Å². The quantitative estimate of drug-likeness (QED) is 0.767. The number of nitriles is 1. The van der Waals surface area contributed by atoms with E-state index in [4.69, 9.17) is 9.68 Å². The molecule has 0 fully saturated rings. The second kappa shape index (κ2) is 3.92. The van der Waals surface area contributed by atoms with E-state index in [0.29, 0.717) is 5.76 Å². The molecule has 0 atom stereocenters. The summed E-state index contributed by atoms with van der Waals surface area (Å²) in [5, 5.41) is 10.0. The van der Waals surface area contributed by atoms with Crippen LogP contribution in [0.15, 0.2) is 22.6 Å². The SMILES string of the molecule is CCC(C)(C)c1ccc2oc(C#N)c(C)c2c1. The van der Waals surface area contributed by atoms with Gasteiger partial charge in [-0.25, -0.2) is 0 Å². The summed E-state index contributed by atoms with van der Waals surface area (Å²) < 4.78 is 5.49. The zero-order valence-corrected chi connectivity index (χ0v) is 10.8. The summed E-state index contributed by atoms with van der Waals surface area (Å²) in [5.41, 5.74) is 3.19. The molecule has 0 amide bonds. The molecule has 17 heavy (non-hydrogen) atoms. The molecular formula is C15H17NO. The largest absolute Gasteiger partial charge is 0.445 e. The Balaban J connectivity index is 2.66. The fraction of sp³-hybridized carbons (Fsp3) is 0.400. The van der Waals surface area contributed by atoms with E-state index >= 15 is 0 Å². The molecule has 0 aliphatic rings.